The van der Waals surface area contributed by atoms with Gasteiger partial charge in [0, 0.05) is 31.6 Å². The zero-order chi connectivity index (χ0) is 23.3. The van der Waals surface area contributed by atoms with Gasteiger partial charge in [-0.1, -0.05) is 43.3 Å². The van der Waals surface area contributed by atoms with Gasteiger partial charge in [0.1, 0.15) is 17.8 Å². The van der Waals surface area contributed by atoms with Gasteiger partial charge in [-0.25, -0.2) is 19.9 Å². The number of ether oxygens (including phenoxy) is 1. The molecule has 0 amide bonds. The summed E-state index contributed by atoms with van der Waals surface area (Å²) in [5, 5.41) is 7.45. The molecule has 4 rings (SSSR count). The summed E-state index contributed by atoms with van der Waals surface area (Å²) in [5.74, 6) is 1.82. The van der Waals surface area contributed by atoms with Crippen LogP contribution < -0.4 is 5.32 Å². The quantitative estimate of drug-likeness (QED) is 0.382. The first-order valence-corrected chi connectivity index (χ1v) is 10.8. The normalized spacial score (nSPS) is 13.1. The molecule has 1 N–H and O–H groups in total. The van der Waals surface area contributed by atoms with Gasteiger partial charge in [-0.3, -0.25) is 0 Å². The van der Waals surface area contributed by atoms with E-state index in [1.807, 2.05) is 0 Å². The average Bonchev–Trinajstić information content (AvgIpc) is 3.35. The Bertz CT molecular complexity index is 1160. The molecule has 0 bridgehead atoms. The molecule has 3 aromatic heterocycles. The van der Waals surface area contributed by atoms with E-state index in [0.717, 1.165) is 16.7 Å². The van der Waals surface area contributed by atoms with Crippen LogP contribution in [0.2, 0.25) is 0 Å². The number of hydrogen-bond acceptors (Lipinski definition) is 9. The zero-order valence-corrected chi connectivity index (χ0v) is 19.2. The Labute approximate surface area is 192 Å². The Morgan fingerprint density at radius 1 is 1.00 bits per heavy atom. The van der Waals surface area contributed by atoms with E-state index < -0.39 is 5.41 Å². The molecule has 9 nitrogen and oxygen atoms in total. The molecule has 0 aliphatic carbocycles. The first-order valence-electron chi connectivity index (χ1n) is 10.8. The van der Waals surface area contributed by atoms with Crippen molar-refractivity contribution >= 4 is 5.82 Å². The van der Waals surface area contributed by atoms with Crippen molar-refractivity contribution in [3.8, 4) is 22.7 Å². The first kappa shape index (κ1) is 22.5. The van der Waals surface area contributed by atoms with Gasteiger partial charge >= 0.3 is 0 Å². The van der Waals surface area contributed by atoms with Crippen LogP contribution in [0.1, 0.15) is 32.2 Å². The third-order valence-electron chi connectivity index (χ3n) is 5.91. The minimum Gasteiger partial charge on any atom is -0.383 e. The average molecular weight is 446 g/mol. The van der Waals surface area contributed by atoms with Crippen molar-refractivity contribution in [3.63, 3.8) is 0 Å². The van der Waals surface area contributed by atoms with E-state index in [0.29, 0.717) is 36.4 Å². The largest absolute Gasteiger partial charge is 0.383 e. The van der Waals surface area contributed by atoms with E-state index in [9.17, 15) is 0 Å². The molecule has 4 aromatic rings. The predicted molar refractivity (Wildman–Crippen MR) is 124 cm³/mol. The number of nitrogens with zero attached hydrogens (tertiary/aromatic N) is 6. The van der Waals surface area contributed by atoms with Crippen molar-refractivity contribution in [2.24, 2.45) is 5.92 Å². The molecule has 1 atom stereocenters. The molecule has 33 heavy (non-hydrogen) atoms. The fourth-order valence-corrected chi connectivity index (χ4v) is 3.53. The van der Waals surface area contributed by atoms with Gasteiger partial charge in [0.2, 0.25) is 0 Å². The minimum atomic E-state index is -0.456. The van der Waals surface area contributed by atoms with Crippen LogP contribution in [0.25, 0.3) is 22.7 Å². The standard InChI is InChI=1S/C24H27N7O2/c1-16(2)24(3,19-7-5-17(6-8-19)18-11-25-15-26-12-18)23-30-22(33-31-23)20-13-29-21(14-28-20)27-9-10-32-4/h5-8,11-16H,9-10H2,1-4H3,(H,27,29). The summed E-state index contributed by atoms with van der Waals surface area (Å²) in [4.78, 5) is 21.7. The lowest BCUT2D eigenvalue weighted by molar-refractivity contribution is 0.210. The highest BCUT2D eigenvalue weighted by atomic mass is 16.5. The molecule has 1 unspecified atom stereocenters. The van der Waals surface area contributed by atoms with Crippen LogP contribution in [0.15, 0.2) is 59.9 Å². The lowest BCUT2D eigenvalue weighted by Gasteiger charge is -2.31. The summed E-state index contributed by atoms with van der Waals surface area (Å²) in [6.07, 6.45) is 8.39. The SMILES string of the molecule is COCCNc1cnc(-c2nc(C(C)(c3ccc(-c4cncnc4)cc3)C(C)C)no2)cn1. The summed E-state index contributed by atoms with van der Waals surface area (Å²) in [6.45, 7) is 7.66. The van der Waals surface area contributed by atoms with Gasteiger partial charge in [-0.15, -0.1) is 0 Å². The Morgan fingerprint density at radius 3 is 2.39 bits per heavy atom. The molecule has 1 aromatic carbocycles. The highest BCUT2D eigenvalue weighted by Crippen LogP contribution is 2.38. The maximum atomic E-state index is 5.58. The molecule has 9 heteroatoms. The molecule has 0 saturated carbocycles. The van der Waals surface area contributed by atoms with E-state index in [4.69, 9.17) is 14.2 Å². The second-order valence-corrected chi connectivity index (χ2v) is 8.19. The lowest BCUT2D eigenvalue weighted by atomic mass is 9.72. The Morgan fingerprint density at radius 2 is 1.76 bits per heavy atom. The number of benzene rings is 1. The zero-order valence-electron chi connectivity index (χ0n) is 19.2. The van der Waals surface area contributed by atoms with Crippen LogP contribution in [-0.2, 0) is 10.2 Å². The van der Waals surface area contributed by atoms with Gasteiger partial charge in [0.15, 0.2) is 5.82 Å². The number of aromatic nitrogens is 6. The van der Waals surface area contributed by atoms with Crippen LogP contribution in [0.3, 0.4) is 0 Å². The highest BCUT2D eigenvalue weighted by molar-refractivity contribution is 5.62. The van der Waals surface area contributed by atoms with E-state index >= 15 is 0 Å². The maximum Gasteiger partial charge on any atom is 0.278 e. The van der Waals surface area contributed by atoms with Gasteiger partial charge < -0.3 is 14.6 Å². The van der Waals surface area contributed by atoms with Gasteiger partial charge in [-0.2, -0.15) is 4.98 Å². The van der Waals surface area contributed by atoms with E-state index in [-0.39, 0.29) is 5.92 Å². The molecule has 0 spiro atoms. The molecular formula is C24H27N7O2. The fourth-order valence-electron chi connectivity index (χ4n) is 3.53. The summed E-state index contributed by atoms with van der Waals surface area (Å²) in [7, 11) is 1.65. The number of hydrogen-bond donors (Lipinski definition) is 1. The number of anilines is 1. The van der Waals surface area contributed by atoms with Crippen molar-refractivity contribution in [1.82, 2.24) is 30.1 Å². The molecule has 3 heterocycles. The first-order chi connectivity index (χ1) is 16.0. The highest BCUT2D eigenvalue weighted by Gasteiger charge is 2.37. The summed E-state index contributed by atoms with van der Waals surface area (Å²) < 4.78 is 10.6. The summed E-state index contributed by atoms with van der Waals surface area (Å²) in [6, 6.07) is 8.32. The van der Waals surface area contributed by atoms with Crippen LogP contribution in [-0.4, -0.2) is 50.3 Å². The van der Waals surface area contributed by atoms with Gasteiger partial charge in [-0.05, 0) is 24.0 Å². The minimum absolute atomic E-state index is 0.215. The summed E-state index contributed by atoms with van der Waals surface area (Å²) >= 11 is 0. The molecule has 0 fully saturated rings. The van der Waals surface area contributed by atoms with Crippen LogP contribution in [0.5, 0.6) is 0 Å². The maximum absolute atomic E-state index is 5.58. The third-order valence-corrected chi connectivity index (χ3v) is 5.91. The van der Waals surface area contributed by atoms with Gasteiger partial charge in [0.05, 0.1) is 24.4 Å². The summed E-state index contributed by atoms with van der Waals surface area (Å²) in [5.41, 5.74) is 3.18. The smallest absolute Gasteiger partial charge is 0.278 e. The van der Waals surface area contributed by atoms with Crippen molar-refractivity contribution in [2.75, 3.05) is 25.6 Å². The number of methoxy groups -OCH3 is 1. The third kappa shape index (κ3) is 4.73. The van der Waals surface area contributed by atoms with E-state index in [1.54, 1.807) is 31.9 Å². The molecule has 0 saturated heterocycles. The van der Waals surface area contributed by atoms with Crippen LogP contribution in [0.4, 0.5) is 5.82 Å². The molecule has 170 valence electrons. The van der Waals surface area contributed by atoms with Crippen molar-refractivity contribution in [3.05, 3.63) is 66.8 Å². The van der Waals surface area contributed by atoms with E-state index in [2.05, 4.69) is 75.4 Å². The monoisotopic (exact) mass is 445 g/mol. The van der Waals surface area contributed by atoms with Gasteiger partial charge in [0.25, 0.3) is 5.89 Å². The topological polar surface area (TPSA) is 112 Å². The Kier molecular flexibility index (Phi) is 6.69. The Hall–Kier alpha value is -3.72. The van der Waals surface area contributed by atoms with E-state index in [1.165, 1.54) is 6.33 Å². The predicted octanol–water partition coefficient (Wildman–Crippen LogP) is 4.00. The number of nitrogens with one attached hydrogen (secondary N) is 1. The van der Waals surface area contributed by atoms with Crippen molar-refractivity contribution < 1.29 is 9.26 Å². The molecule has 0 aliphatic rings. The Balaban J connectivity index is 1.59. The van der Waals surface area contributed by atoms with Crippen LogP contribution in [0, 0.1) is 5.92 Å². The van der Waals surface area contributed by atoms with Crippen molar-refractivity contribution in [2.45, 2.75) is 26.2 Å². The van der Waals surface area contributed by atoms with Crippen molar-refractivity contribution in [1.29, 1.82) is 0 Å². The molecular weight excluding hydrogens is 418 g/mol. The number of rotatable bonds is 9. The molecule has 0 aliphatic heterocycles. The molecule has 0 radical (unpaired) electrons. The second-order valence-electron chi connectivity index (χ2n) is 8.19. The van der Waals surface area contributed by atoms with Crippen LogP contribution >= 0.6 is 0 Å². The fraction of sp³-hybridized carbons (Fsp3) is 0.333. The second kappa shape index (κ2) is 9.83. The lowest BCUT2D eigenvalue weighted by Crippen LogP contribution is -2.31.